The van der Waals surface area contributed by atoms with Gasteiger partial charge in [-0.3, -0.25) is 13.8 Å². The maximum absolute atomic E-state index is 13.0. The number of rotatable bonds is 41. The summed E-state index contributed by atoms with van der Waals surface area (Å²) in [5, 5.41) is 74.5. The highest BCUT2D eigenvalue weighted by Gasteiger charge is 2.51. The van der Waals surface area contributed by atoms with Crippen LogP contribution in [0.2, 0.25) is 0 Å². The standard InChI is InChI=1S/C49H92NO12P/c1-3-5-7-9-11-13-15-17-18-19-20-21-22-23-25-26-28-30-32-34-36-40(51)38-43(53)50-41(42(52)37-35-33-31-29-27-24-16-14-12-10-8-6-4-2)39-61-63(59,60)62-49-47(57)45(55)44(54)46(56)48(49)58/h22-23,27,29,35,37,40-42,44-49,51-52,54-58H,3-21,24-26,28,30-34,36,38-39H2,1-2H3,(H,50,53)(H,59,60)/b23-22-,29-27+,37-35+. The Labute approximate surface area is 381 Å². The maximum Gasteiger partial charge on any atom is 0.472 e. The molecule has 13 nitrogen and oxygen atoms in total. The molecule has 1 saturated carbocycles. The molecule has 0 heterocycles. The average Bonchev–Trinajstić information content (AvgIpc) is 3.26. The normalized spacial score (nSPS) is 23.1. The molecule has 0 aromatic heterocycles. The fourth-order valence-corrected chi connectivity index (χ4v) is 8.81. The summed E-state index contributed by atoms with van der Waals surface area (Å²) in [4.78, 5) is 23.5. The Balaban J connectivity index is 2.49. The van der Waals surface area contributed by atoms with Gasteiger partial charge in [-0.2, -0.15) is 0 Å². The minimum atomic E-state index is -5.15. The molecule has 1 aliphatic rings. The molecule has 370 valence electrons. The molecular formula is C49H92NO12P. The van der Waals surface area contributed by atoms with Crippen molar-refractivity contribution in [3.05, 3.63) is 36.5 Å². The van der Waals surface area contributed by atoms with Crippen LogP contribution in [-0.2, 0) is 18.4 Å². The van der Waals surface area contributed by atoms with Crippen molar-refractivity contribution in [1.82, 2.24) is 5.32 Å². The number of hydrogen-bond donors (Lipinski definition) is 9. The molecule has 0 aromatic rings. The van der Waals surface area contributed by atoms with Crippen molar-refractivity contribution in [3.63, 3.8) is 0 Å². The largest absolute Gasteiger partial charge is 0.472 e. The lowest BCUT2D eigenvalue weighted by atomic mass is 9.85. The van der Waals surface area contributed by atoms with Crippen LogP contribution in [0.5, 0.6) is 0 Å². The zero-order valence-corrected chi connectivity index (χ0v) is 40.1. The molecule has 0 spiro atoms. The van der Waals surface area contributed by atoms with E-state index in [1.807, 2.05) is 0 Å². The summed E-state index contributed by atoms with van der Waals surface area (Å²) < 4.78 is 22.9. The van der Waals surface area contributed by atoms with Crippen LogP contribution in [0.25, 0.3) is 0 Å². The molecule has 0 bridgehead atoms. The second-order valence-electron chi connectivity index (χ2n) is 17.8. The molecule has 1 amide bonds. The van der Waals surface area contributed by atoms with Gasteiger partial charge in [-0.25, -0.2) is 4.57 Å². The number of phosphoric acid groups is 1. The van der Waals surface area contributed by atoms with Gasteiger partial charge in [-0.05, 0) is 57.8 Å². The van der Waals surface area contributed by atoms with Gasteiger partial charge in [0.2, 0.25) is 5.91 Å². The first-order valence-corrected chi connectivity index (χ1v) is 26.5. The quantitative estimate of drug-likeness (QED) is 0.0159. The van der Waals surface area contributed by atoms with Crippen molar-refractivity contribution in [2.24, 2.45) is 0 Å². The molecule has 0 aliphatic heterocycles. The fourth-order valence-electron chi connectivity index (χ4n) is 7.84. The van der Waals surface area contributed by atoms with Crippen molar-refractivity contribution in [2.45, 2.75) is 261 Å². The van der Waals surface area contributed by atoms with E-state index in [4.69, 9.17) is 9.05 Å². The Hall–Kier alpha value is -1.48. The highest BCUT2D eigenvalue weighted by Crippen LogP contribution is 2.47. The Morgan fingerprint density at radius 1 is 0.556 bits per heavy atom. The summed E-state index contributed by atoms with van der Waals surface area (Å²) >= 11 is 0. The van der Waals surface area contributed by atoms with E-state index in [-0.39, 0.29) is 6.42 Å². The number of unbranched alkanes of at least 4 members (excludes halogenated alkanes) is 24. The SMILES string of the molecule is CCCCCCCCC/C=C/CC/C=C/C(O)C(COP(=O)(O)OC1C(O)C(O)C(O)C(O)C1O)NC(=O)CC(O)CCCCCCC/C=C\CCCCCCCCCCCCC. The highest BCUT2D eigenvalue weighted by molar-refractivity contribution is 7.47. The zero-order chi connectivity index (χ0) is 46.6. The lowest BCUT2D eigenvalue weighted by Crippen LogP contribution is -2.64. The predicted molar refractivity (Wildman–Crippen MR) is 252 cm³/mol. The van der Waals surface area contributed by atoms with E-state index in [0.29, 0.717) is 12.8 Å². The van der Waals surface area contributed by atoms with Gasteiger partial charge < -0.3 is 46.0 Å². The molecule has 1 aliphatic carbocycles. The van der Waals surface area contributed by atoms with Crippen molar-refractivity contribution < 1.29 is 59.0 Å². The van der Waals surface area contributed by atoms with Crippen LogP contribution < -0.4 is 5.32 Å². The predicted octanol–water partition coefficient (Wildman–Crippen LogP) is 8.92. The summed E-state index contributed by atoms with van der Waals surface area (Å²) in [7, 11) is -5.15. The molecular weight excluding hydrogens is 826 g/mol. The van der Waals surface area contributed by atoms with E-state index in [1.165, 1.54) is 115 Å². The number of allylic oxidation sites excluding steroid dienone is 5. The summed E-state index contributed by atoms with van der Waals surface area (Å²) in [5.74, 6) is -0.608. The van der Waals surface area contributed by atoms with Crippen molar-refractivity contribution in [2.75, 3.05) is 6.61 Å². The third kappa shape index (κ3) is 30.4. The van der Waals surface area contributed by atoms with Gasteiger partial charge in [0.15, 0.2) is 0 Å². The number of phosphoric ester groups is 1. The second kappa shape index (κ2) is 38.6. The average molecular weight is 918 g/mol. The number of carbonyl (C=O) groups is 1. The molecule has 0 radical (unpaired) electrons. The first-order valence-electron chi connectivity index (χ1n) is 25.0. The molecule has 1 fully saturated rings. The number of aliphatic hydroxyl groups excluding tert-OH is 7. The summed E-state index contributed by atoms with van der Waals surface area (Å²) in [5.41, 5.74) is 0. The van der Waals surface area contributed by atoms with E-state index < -0.39 is 75.2 Å². The van der Waals surface area contributed by atoms with Crippen LogP contribution in [-0.4, -0.2) is 108 Å². The van der Waals surface area contributed by atoms with Crippen LogP contribution >= 0.6 is 7.82 Å². The third-order valence-corrected chi connectivity index (χ3v) is 12.9. The van der Waals surface area contributed by atoms with Crippen LogP contribution in [0.15, 0.2) is 36.5 Å². The van der Waals surface area contributed by atoms with E-state index >= 15 is 0 Å². The second-order valence-corrected chi connectivity index (χ2v) is 19.2. The Morgan fingerprint density at radius 3 is 1.40 bits per heavy atom. The van der Waals surface area contributed by atoms with Gasteiger partial charge in [0.1, 0.15) is 36.6 Å². The van der Waals surface area contributed by atoms with E-state index in [9.17, 15) is 50.0 Å². The van der Waals surface area contributed by atoms with Crippen molar-refractivity contribution in [1.29, 1.82) is 0 Å². The number of amides is 1. The first kappa shape index (κ1) is 59.5. The third-order valence-electron chi connectivity index (χ3n) is 11.9. The molecule has 9 N–H and O–H groups in total. The molecule has 0 saturated heterocycles. The fraction of sp³-hybridized carbons (Fsp3) is 0.857. The van der Waals surface area contributed by atoms with Crippen molar-refractivity contribution in [3.8, 4) is 0 Å². The van der Waals surface area contributed by atoms with E-state index in [2.05, 4.69) is 43.5 Å². The van der Waals surface area contributed by atoms with Gasteiger partial charge in [0, 0.05) is 0 Å². The van der Waals surface area contributed by atoms with E-state index in [0.717, 1.165) is 64.2 Å². The van der Waals surface area contributed by atoms with E-state index in [1.54, 1.807) is 6.08 Å². The van der Waals surface area contributed by atoms with Gasteiger partial charge in [0.25, 0.3) is 0 Å². The maximum atomic E-state index is 13.0. The van der Waals surface area contributed by atoms with Crippen LogP contribution in [0.4, 0.5) is 0 Å². The molecule has 1 rings (SSSR count). The zero-order valence-electron chi connectivity index (χ0n) is 39.2. The topological polar surface area (TPSA) is 226 Å². The number of hydrogen-bond acceptors (Lipinski definition) is 11. The molecule has 8 atom stereocenters. The molecule has 63 heavy (non-hydrogen) atoms. The number of aliphatic hydroxyl groups is 7. The molecule has 0 aromatic carbocycles. The van der Waals surface area contributed by atoms with Gasteiger partial charge in [-0.15, -0.1) is 0 Å². The Bertz CT molecular complexity index is 1220. The van der Waals surface area contributed by atoms with Gasteiger partial charge in [-0.1, -0.05) is 179 Å². The smallest absolute Gasteiger partial charge is 0.393 e. The lowest BCUT2D eigenvalue weighted by Gasteiger charge is -2.41. The number of nitrogens with one attached hydrogen (secondary N) is 1. The molecule has 14 heteroatoms. The van der Waals surface area contributed by atoms with Crippen LogP contribution in [0.1, 0.15) is 206 Å². The van der Waals surface area contributed by atoms with Gasteiger partial charge >= 0.3 is 7.82 Å². The Kier molecular flexibility index (Phi) is 36.5. The lowest BCUT2D eigenvalue weighted by molar-refractivity contribution is -0.220. The first-order chi connectivity index (χ1) is 30.3. The Morgan fingerprint density at radius 2 is 0.937 bits per heavy atom. The van der Waals surface area contributed by atoms with Crippen LogP contribution in [0, 0.1) is 0 Å². The monoisotopic (exact) mass is 918 g/mol. The van der Waals surface area contributed by atoms with Crippen molar-refractivity contribution >= 4 is 13.7 Å². The van der Waals surface area contributed by atoms with Crippen LogP contribution in [0.3, 0.4) is 0 Å². The minimum Gasteiger partial charge on any atom is -0.393 e. The highest BCUT2D eigenvalue weighted by atomic mass is 31.2. The number of carbonyl (C=O) groups excluding carboxylic acids is 1. The van der Waals surface area contributed by atoms with Gasteiger partial charge in [0.05, 0.1) is 31.3 Å². The molecule has 8 unspecified atom stereocenters. The minimum absolute atomic E-state index is 0.258. The summed E-state index contributed by atoms with van der Waals surface area (Å²) in [6.45, 7) is 3.72. The summed E-state index contributed by atoms with van der Waals surface area (Å²) in [6.07, 6.45) is 31.0. The summed E-state index contributed by atoms with van der Waals surface area (Å²) in [6, 6.07) is -1.26.